The van der Waals surface area contributed by atoms with Crippen molar-refractivity contribution < 1.29 is 4.42 Å². The van der Waals surface area contributed by atoms with E-state index < -0.39 is 5.41 Å². The van der Waals surface area contributed by atoms with Crippen LogP contribution in [-0.2, 0) is 5.41 Å². The summed E-state index contributed by atoms with van der Waals surface area (Å²) in [5, 5.41) is 11.3. The molecule has 2 aliphatic rings. The van der Waals surface area contributed by atoms with Crippen LogP contribution in [0, 0.1) is 11.3 Å². The van der Waals surface area contributed by atoms with Crippen molar-refractivity contribution in [1.29, 1.82) is 5.26 Å². The van der Waals surface area contributed by atoms with Crippen molar-refractivity contribution in [1.82, 2.24) is 15.0 Å². The lowest BCUT2D eigenvalue weighted by atomic mass is 9.70. The van der Waals surface area contributed by atoms with Crippen molar-refractivity contribution in [3.8, 4) is 62.5 Å². The number of benzene rings is 6. The number of furan rings is 1. The predicted molar refractivity (Wildman–Crippen MR) is 187 cm³/mol. The smallest absolute Gasteiger partial charge is 0.167 e. The second-order valence-corrected chi connectivity index (χ2v) is 12.2. The fraction of sp³-hybridized carbons (Fsp3) is 0.0233. The summed E-state index contributed by atoms with van der Waals surface area (Å²) in [6.45, 7) is 0. The Balaban J connectivity index is 1.34. The van der Waals surface area contributed by atoms with Crippen LogP contribution in [0.4, 0.5) is 0 Å². The highest BCUT2D eigenvalue weighted by Gasteiger charge is 2.53. The molecular formula is C43H24N4O. The van der Waals surface area contributed by atoms with E-state index in [1.807, 2.05) is 72.8 Å². The Morgan fingerprint density at radius 2 is 1.06 bits per heavy atom. The van der Waals surface area contributed by atoms with Crippen LogP contribution < -0.4 is 0 Å². The molecular weight excluding hydrogens is 589 g/mol. The van der Waals surface area contributed by atoms with E-state index in [4.69, 9.17) is 19.4 Å². The second-order valence-electron chi connectivity index (χ2n) is 12.2. The van der Waals surface area contributed by atoms with Crippen LogP contribution in [0.3, 0.4) is 0 Å². The van der Waals surface area contributed by atoms with Gasteiger partial charge in [0.1, 0.15) is 5.58 Å². The Kier molecular flexibility index (Phi) is 5.49. The molecule has 0 aliphatic heterocycles. The number of hydrogen-bond donors (Lipinski definition) is 0. The summed E-state index contributed by atoms with van der Waals surface area (Å²) < 4.78 is 6.32. The minimum absolute atomic E-state index is 0.536. The molecule has 0 amide bonds. The average Bonchev–Trinajstić information content (AvgIpc) is 3.85. The summed E-state index contributed by atoms with van der Waals surface area (Å²) >= 11 is 0. The van der Waals surface area contributed by atoms with E-state index in [1.165, 1.54) is 5.56 Å². The van der Waals surface area contributed by atoms with Crippen LogP contribution in [0.1, 0.15) is 27.8 Å². The van der Waals surface area contributed by atoms with Crippen LogP contribution in [-0.4, -0.2) is 15.0 Å². The van der Waals surface area contributed by atoms with Crippen LogP contribution in [0.15, 0.2) is 150 Å². The first-order chi connectivity index (χ1) is 23.8. The maximum atomic E-state index is 10.3. The molecule has 2 heterocycles. The summed E-state index contributed by atoms with van der Waals surface area (Å²) in [5.74, 6) is 1.72. The van der Waals surface area contributed by atoms with E-state index in [2.05, 4.69) is 72.8 Å². The minimum Gasteiger partial charge on any atom is -0.464 e. The van der Waals surface area contributed by atoms with Gasteiger partial charge < -0.3 is 4.42 Å². The molecule has 1 unspecified atom stereocenters. The van der Waals surface area contributed by atoms with Crippen molar-refractivity contribution in [3.63, 3.8) is 0 Å². The Morgan fingerprint density at radius 1 is 0.500 bits per heavy atom. The zero-order chi connectivity index (χ0) is 31.8. The Labute approximate surface area is 276 Å². The molecule has 1 atom stereocenters. The first-order valence-corrected chi connectivity index (χ1v) is 15.9. The van der Waals surface area contributed by atoms with Gasteiger partial charge in [-0.2, -0.15) is 5.26 Å². The summed E-state index contributed by atoms with van der Waals surface area (Å²) in [7, 11) is 0. The molecule has 0 N–H and O–H groups in total. The van der Waals surface area contributed by atoms with Crippen molar-refractivity contribution in [3.05, 3.63) is 174 Å². The van der Waals surface area contributed by atoms with Gasteiger partial charge in [0, 0.05) is 22.1 Å². The number of hydrogen-bond acceptors (Lipinski definition) is 5. The van der Waals surface area contributed by atoms with Gasteiger partial charge in [-0.05, 0) is 57.1 Å². The van der Waals surface area contributed by atoms with Crippen LogP contribution in [0.25, 0.3) is 67.4 Å². The molecule has 0 bridgehead atoms. The summed E-state index contributed by atoms with van der Waals surface area (Å²) in [5.41, 5.74) is 12.3. The Hall–Kier alpha value is -6.64. The third-order valence-corrected chi connectivity index (χ3v) is 9.87. The second kappa shape index (κ2) is 9.93. The molecule has 2 aromatic heterocycles. The van der Waals surface area contributed by atoms with Crippen LogP contribution >= 0.6 is 0 Å². The van der Waals surface area contributed by atoms with E-state index >= 15 is 0 Å². The predicted octanol–water partition coefficient (Wildman–Crippen LogP) is 9.83. The molecule has 0 saturated carbocycles. The standard InChI is InChI=1S/C43H24N4O/c44-25-28-16-11-21-35-37(28)29-17-7-9-19-33(29)43(35)34-20-10-8-18-30(34)38-31-22-23-48-39(31)32(24-36(38)43)42-46-40(26-12-3-1-4-13-26)45-41(47-42)27-14-5-2-6-15-27/h1-24H. The Morgan fingerprint density at radius 3 is 1.71 bits per heavy atom. The van der Waals surface area contributed by atoms with Gasteiger partial charge in [-0.1, -0.05) is 121 Å². The van der Waals surface area contributed by atoms with Crippen molar-refractivity contribution in [2.75, 3.05) is 0 Å². The largest absolute Gasteiger partial charge is 0.464 e. The monoisotopic (exact) mass is 612 g/mol. The number of fused-ring (bicyclic) bond motifs is 12. The van der Waals surface area contributed by atoms with Gasteiger partial charge >= 0.3 is 0 Å². The maximum Gasteiger partial charge on any atom is 0.167 e. The SMILES string of the molecule is N#Cc1cccc2c1-c1ccccc1C21c2ccccc2-c2c1cc(-c1nc(-c3ccccc3)nc(-c3ccccc3)n1)c1occc21. The molecule has 2 aliphatic carbocycles. The van der Waals surface area contributed by atoms with Gasteiger partial charge in [0.25, 0.3) is 0 Å². The molecule has 5 heteroatoms. The number of nitriles is 1. The van der Waals surface area contributed by atoms with Gasteiger partial charge in [0.15, 0.2) is 17.5 Å². The van der Waals surface area contributed by atoms with E-state index in [0.717, 1.165) is 66.6 Å². The minimum atomic E-state index is -0.650. The molecule has 6 aromatic carbocycles. The number of nitrogens with zero attached hydrogens (tertiary/aromatic N) is 4. The normalized spacial score (nSPS) is 15.1. The van der Waals surface area contributed by atoms with E-state index in [1.54, 1.807) is 6.26 Å². The molecule has 1 spiro atoms. The Bertz CT molecular complexity index is 2580. The lowest BCUT2D eigenvalue weighted by Gasteiger charge is -2.30. The summed E-state index contributed by atoms with van der Waals surface area (Å²) in [6, 6.07) is 50.1. The van der Waals surface area contributed by atoms with E-state index in [9.17, 15) is 5.26 Å². The van der Waals surface area contributed by atoms with Gasteiger partial charge in [-0.15, -0.1) is 0 Å². The maximum absolute atomic E-state index is 10.3. The number of rotatable bonds is 3. The van der Waals surface area contributed by atoms with Gasteiger partial charge in [-0.3, -0.25) is 0 Å². The highest BCUT2D eigenvalue weighted by Crippen LogP contribution is 2.64. The zero-order valence-corrected chi connectivity index (χ0v) is 25.6. The molecule has 0 radical (unpaired) electrons. The van der Waals surface area contributed by atoms with Gasteiger partial charge in [0.05, 0.1) is 28.9 Å². The van der Waals surface area contributed by atoms with Crippen LogP contribution in [0.5, 0.6) is 0 Å². The third kappa shape index (κ3) is 3.46. The van der Waals surface area contributed by atoms with E-state index in [0.29, 0.717) is 23.0 Å². The fourth-order valence-electron chi connectivity index (χ4n) is 8.00. The van der Waals surface area contributed by atoms with Crippen molar-refractivity contribution >= 4 is 11.0 Å². The quantitative estimate of drug-likeness (QED) is 0.199. The third-order valence-electron chi connectivity index (χ3n) is 9.87. The highest BCUT2D eigenvalue weighted by molar-refractivity contribution is 6.09. The van der Waals surface area contributed by atoms with Crippen LogP contribution in [0.2, 0.25) is 0 Å². The molecule has 222 valence electrons. The lowest BCUT2D eigenvalue weighted by Crippen LogP contribution is -2.26. The zero-order valence-electron chi connectivity index (χ0n) is 25.6. The highest BCUT2D eigenvalue weighted by atomic mass is 16.3. The molecule has 8 aromatic rings. The topological polar surface area (TPSA) is 75.6 Å². The van der Waals surface area contributed by atoms with Gasteiger partial charge in [0.2, 0.25) is 0 Å². The molecule has 0 saturated heterocycles. The number of aromatic nitrogens is 3. The molecule has 5 nitrogen and oxygen atoms in total. The van der Waals surface area contributed by atoms with Crippen molar-refractivity contribution in [2.45, 2.75) is 5.41 Å². The lowest BCUT2D eigenvalue weighted by molar-refractivity contribution is 0.616. The average molecular weight is 613 g/mol. The molecule has 0 fully saturated rings. The van der Waals surface area contributed by atoms with E-state index in [-0.39, 0.29) is 0 Å². The summed E-state index contributed by atoms with van der Waals surface area (Å²) in [4.78, 5) is 15.2. The first-order valence-electron chi connectivity index (χ1n) is 15.9. The molecule has 48 heavy (non-hydrogen) atoms. The van der Waals surface area contributed by atoms with Gasteiger partial charge in [-0.25, -0.2) is 15.0 Å². The fourth-order valence-corrected chi connectivity index (χ4v) is 8.00. The first kappa shape index (κ1) is 26.6. The summed E-state index contributed by atoms with van der Waals surface area (Å²) in [6.07, 6.45) is 1.75. The van der Waals surface area contributed by atoms with Crippen molar-refractivity contribution in [2.24, 2.45) is 0 Å². The molecule has 10 rings (SSSR count).